The predicted molar refractivity (Wildman–Crippen MR) is 69.8 cm³/mol. The maximum atomic E-state index is 11.8. The lowest BCUT2D eigenvalue weighted by Crippen LogP contribution is -2.32. The molecule has 1 fully saturated rings. The van der Waals surface area contributed by atoms with Crippen LogP contribution in [-0.4, -0.2) is 29.9 Å². The van der Waals surface area contributed by atoms with E-state index in [0.717, 1.165) is 25.9 Å². The van der Waals surface area contributed by atoms with E-state index in [1.54, 1.807) is 17.0 Å². The Morgan fingerprint density at radius 3 is 2.56 bits per heavy atom. The molecule has 0 spiro atoms. The summed E-state index contributed by atoms with van der Waals surface area (Å²) < 4.78 is 0. The third-order valence-corrected chi connectivity index (χ3v) is 3.21. The lowest BCUT2D eigenvalue weighted by Gasteiger charge is -2.16. The predicted octanol–water partition coefficient (Wildman–Crippen LogP) is 2.07. The van der Waals surface area contributed by atoms with E-state index >= 15 is 0 Å². The summed E-state index contributed by atoms with van der Waals surface area (Å²) in [4.78, 5) is 24.7. The Morgan fingerprint density at radius 1 is 1.28 bits per heavy atom. The number of rotatable bonds is 2. The molecule has 1 aliphatic rings. The van der Waals surface area contributed by atoms with E-state index < -0.39 is 5.91 Å². The number of primary amides is 1. The van der Waals surface area contributed by atoms with Crippen molar-refractivity contribution in [2.24, 2.45) is 5.73 Å². The summed E-state index contributed by atoms with van der Waals surface area (Å²) in [5.74, 6) is -0.614. The number of benzene rings is 1. The summed E-state index contributed by atoms with van der Waals surface area (Å²) in [6.07, 6.45) is 2.06. The fraction of sp³-hybridized carbons (Fsp3) is 0.333. The molecule has 2 rings (SSSR count). The zero-order chi connectivity index (χ0) is 13.1. The summed E-state index contributed by atoms with van der Waals surface area (Å²) in [5.41, 5.74) is 5.91. The van der Waals surface area contributed by atoms with Gasteiger partial charge in [0.15, 0.2) is 0 Å². The lowest BCUT2D eigenvalue weighted by molar-refractivity contribution is 0.100. The first kappa shape index (κ1) is 12.7. The van der Waals surface area contributed by atoms with Gasteiger partial charge in [-0.05, 0) is 31.0 Å². The molecule has 0 bridgehead atoms. The number of nitrogens with two attached hydrogens (primary N) is 1. The Morgan fingerprint density at radius 2 is 1.94 bits per heavy atom. The number of carbonyl (C=O) groups is 2. The number of anilines is 1. The van der Waals surface area contributed by atoms with Gasteiger partial charge in [-0.3, -0.25) is 4.79 Å². The number of nitrogens with one attached hydrogen (secondary N) is 1. The molecule has 3 amide bonds. The van der Waals surface area contributed by atoms with Crippen molar-refractivity contribution in [3.63, 3.8) is 0 Å². The summed E-state index contributed by atoms with van der Waals surface area (Å²) in [7, 11) is 0. The average Bonchev–Trinajstić information content (AvgIpc) is 2.85. The summed E-state index contributed by atoms with van der Waals surface area (Å²) in [6.45, 7) is 1.53. The van der Waals surface area contributed by atoms with Crippen LogP contribution in [0.3, 0.4) is 0 Å². The van der Waals surface area contributed by atoms with Crippen LogP contribution in [0.15, 0.2) is 18.2 Å². The van der Waals surface area contributed by atoms with Gasteiger partial charge in [0.1, 0.15) is 0 Å². The third kappa shape index (κ3) is 2.73. The largest absolute Gasteiger partial charge is 0.366 e. The number of urea groups is 1. The lowest BCUT2D eigenvalue weighted by atomic mass is 10.2. The van der Waals surface area contributed by atoms with E-state index in [1.165, 1.54) is 6.07 Å². The molecule has 0 unspecified atom stereocenters. The van der Waals surface area contributed by atoms with Crippen LogP contribution >= 0.6 is 11.6 Å². The highest BCUT2D eigenvalue weighted by atomic mass is 35.5. The molecule has 3 N–H and O–H groups in total. The topological polar surface area (TPSA) is 75.4 Å². The number of carbonyl (C=O) groups excluding carboxylic acids is 2. The number of nitrogens with zero attached hydrogens (tertiary/aromatic N) is 1. The van der Waals surface area contributed by atoms with Gasteiger partial charge in [-0.15, -0.1) is 0 Å². The van der Waals surface area contributed by atoms with Gasteiger partial charge in [0.05, 0.1) is 10.6 Å². The second kappa shape index (κ2) is 5.27. The van der Waals surface area contributed by atoms with Crippen molar-refractivity contribution in [2.75, 3.05) is 18.4 Å². The second-order valence-corrected chi connectivity index (χ2v) is 4.59. The third-order valence-electron chi connectivity index (χ3n) is 2.88. The van der Waals surface area contributed by atoms with E-state index in [1.807, 2.05) is 0 Å². The molecule has 1 aliphatic heterocycles. The highest BCUT2D eigenvalue weighted by molar-refractivity contribution is 6.33. The summed E-state index contributed by atoms with van der Waals surface area (Å²) in [5, 5.41) is 3.01. The summed E-state index contributed by atoms with van der Waals surface area (Å²) >= 11 is 5.83. The van der Waals surface area contributed by atoms with Crippen LogP contribution in [-0.2, 0) is 0 Å². The van der Waals surface area contributed by atoms with Crippen LogP contribution in [0.25, 0.3) is 0 Å². The number of hydrogen-bond donors (Lipinski definition) is 2. The molecular weight excluding hydrogens is 254 g/mol. The molecular formula is C12H14ClN3O2. The van der Waals surface area contributed by atoms with Crippen molar-refractivity contribution >= 4 is 29.2 Å². The molecule has 0 aromatic heterocycles. The zero-order valence-electron chi connectivity index (χ0n) is 9.78. The molecule has 5 nitrogen and oxygen atoms in total. The molecule has 18 heavy (non-hydrogen) atoms. The van der Waals surface area contributed by atoms with Crippen LogP contribution in [0.5, 0.6) is 0 Å². The maximum absolute atomic E-state index is 11.8. The Kier molecular flexibility index (Phi) is 3.72. The van der Waals surface area contributed by atoms with E-state index in [2.05, 4.69) is 5.32 Å². The maximum Gasteiger partial charge on any atom is 0.321 e. The van der Waals surface area contributed by atoms with Crippen LogP contribution < -0.4 is 11.1 Å². The second-order valence-electron chi connectivity index (χ2n) is 4.18. The van der Waals surface area contributed by atoms with Crippen LogP contribution in [0.1, 0.15) is 23.2 Å². The van der Waals surface area contributed by atoms with E-state index in [0.29, 0.717) is 5.69 Å². The first-order valence-electron chi connectivity index (χ1n) is 5.73. The number of likely N-dealkylation sites (tertiary alicyclic amines) is 1. The van der Waals surface area contributed by atoms with Gasteiger partial charge >= 0.3 is 6.03 Å². The van der Waals surface area contributed by atoms with E-state index in [4.69, 9.17) is 17.3 Å². The fourth-order valence-corrected chi connectivity index (χ4v) is 2.13. The van der Waals surface area contributed by atoms with Crippen LogP contribution in [0, 0.1) is 0 Å². The molecule has 1 aromatic carbocycles. The van der Waals surface area contributed by atoms with Crippen molar-refractivity contribution in [3.05, 3.63) is 28.8 Å². The Labute approximate surface area is 110 Å². The number of amides is 3. The normalized spacial score (nSPS) is 14.6. The van der Waals surface area contributed by atoms with Crippen molar-refractivity contribution in [1.82, 2.24) is 4.90 Å². The smallest absolute Gasteiger partial charge is 0.321 e. The molecule has 0 radical (unpaired) electrons. The minimum Gasteiger partial charge on any atom is -0.366 e. The van der Waals surface area contributed by atoms with Crippen molar-refractivity contribution in [1.29, 1.82) is 0 Å². The zero-order valence-corrected chi connectivity index (χ0v) is 10.5. The van der Waals surface area contributed by atoms with Crippen LogP contribution in [0.4, 0.5) is 10.5 Å². The molecule has 1 saturated heterocycles. The molecule has 0 aliphatic carbocycles. The highest BCUT2D eigenvalue weighted by Gasteiger charge is 2.18. The summed E-state index contributed by atoms with van der Waals surface area (Å²) in [6, 6.07) is 4.51. The Hall–Kier alpha value is -1.75. The van der Waals surface area contributed by atoms with E-state index in [-0.39, 0.29) is 16.6 Å². The van der Waals surface area contributed by atoms with Crippen molar-refractivity contribution < 1.29 is 9.59 Å². The van der Waals surface area contributed by atoms with Gasteiger partial charge in [-0.1, -0.05) is 11.6 Å². The van der Waals surface area contributed by atoms with Gasteiger partial charge in [-0.25, -0.2) is 4.79 Å². The van der Waals surface area contributed by atoms with Crippen LogP contribution in [0.2, 0.25) is 5.02 Å². The highest BCUT2D eigenvalue weighted by Crippen LogP contribution is 2.20. The molecule has 96 valence electrons. The first-order chi connectivity index (χ1) is 8.58. The Bertz CT molecular complexity index is 484. The molecule has 1 heterocycles. The minimum absolute atomic E-state index is 0.162. The van der Waals surface area contributed by atoms with Crippen molar-refractivity contribution in [3.8, 4) is 0 Å². The molecule has 6 heteroatoms. The standard InChI is InChI=1S/C12H14ClN3O2/c13-10-4-3-8(7-9(10)11(14)17)15-12(18)16-5-1-2-6-16/h3-4,7H,1-2,5-6H2,(H2,14,17)(H,15,18). The van der Waals surface area contributed by atoms with Gasteiger partial charge in [-0.2, -0.15) is 0 Å². The first-order valence-corrected chi connectivity index (χ1v) is 6.11. The molecule has 0 saturated carbocycles. The van der Waals surface area contributed by atoms with E-state index in [9.17, 15) is 9.59 Å². The Balaban J connectivity index is 2.11. The minimum atomic E-state index is -0.614. The van der Waals surface area contributed by atoms with Gasteiger partial charge in [0, 0.05) is 18.8 Å². The molecule has 0 atom stereocenters. The SMILES string of the molecule is NC(=O)c1cc(NC(=O)N2CCCC2)ccc1Cl. The monoisotopic (exact) mass is 267 g/mol. The number of hydrogen-bond acceptors (Lipinski definition) is 2. The average molecular weight is 268 g/mol. The molecule has 1 aromatic rings. The van der Waals surface area contributed by atoms with Gasteiger partial charge in [0.2, 0.25) is 5.91 Å². The van der Waals surface area contributed by atoms with Gasteiger partial charge < -0.3 is 16.0 Å². The van der Waals surface area contributed by atoms with Crippen molar-refractivity contribution in [2.45, 2.75) is 12.8 Å². The quantitative estimate of drug-likeness (QED) is 0.861. The van der Waals surface area contributed by atoms with Gasteiger partial charge in [0.25, 0.3) is 0 Å². The number of halogens is 1. The fourth-order valence-electron chi connectivity index (χ4n) is 1.91.